The monoisotopic (exact) mass is 422 g/mol. The number of hydrogen-bond donors (Lipinski definition) is 2. The topological polar surface area (TPSA) is 59.6 Å². The molecular formula is C14H20Br2N2O3. The van der Waals surface area contributed by atoms with E-state index in [0.29, 0.717) is 12.4 Å². The van der Waals surface area contributed by atoms with E-state index >= 15 is 0 Å². The van der Waals surface area contributed by atoms with Crippen molar-refractivity contribution < 1.29 is 14.3 Å². The van der Waals surface area contributed by atoms with E-state index in [1.165, 1.54) is 0 Å². The third-order valence-electron chi connectivity index (χ3n) is 2.78. The first-order valence-corrected chi connectivity index (χ1v) is 8.14. The highest BCUT2D eigenvalue weighted by atomic mass is 79.9. The Bertz CT molecular complexity index is 460. The van der Waals surface area contributed by atoms with Crippen molar-refractivity contribution in [3.63, 3.8) is 0 Å². The van der Waals surface area contributed by atoms with Crippen molar-refractivity contribution in [3.05, 3.63) is 26.6 Å². The van der Waals surface area contributed by atoms with Crippen LogP contribution in [0.4, 0.5) is 0 Å². The summed E-state index contributed by atoms with van der Waals surface area (Å²) in [6.45, 7) is 3.90. The molecule has 21 heavy (non-hydrogen) atoms. The molecule has 0 aliphatic heterocycles. The Morgan fingerprint density at radius 3 is 2.48 bits per heavy atom. The first kappa shape index (κ1) is 18.4. The fourth-order valence-corrected chi connectivity index (χ4v) is 3.14. The average molecular weight is 424 g/mol. The van der Waals surface area contributed by atoms with E-state index in [1.807, 2.05) is 12.1 Å². The van der Waals surface area contributed by atoms with E-state index in [-0.39, 0.29) is 5.91 Å². The number of ether oxygens (including phenoxy) is 2. The summed E-state index contributed by atoms with van der Waals surface area (Å²) >= 11 is 6.96. The minimum Gasteiger partial charge on any atom is -0.479 e. The lowest BCUT2D eigenvalue weighted by atomic mass is 10.2. The maximum Gasteiger partial charge on any atom is 0.260 e. The number of nitrogens with one attached hydrogen (secondary N) is 2. The predicted octanol–water partition coefficient (Wildman–Crippen LogP) is 2.46. The third kappa shape index (κ3) is 5.94. The van der Waals surface area contributed by atoms with Crippen LogP contribution in [-0.2, 0) is 16.1 Å². The van der Waals surface area contributed by atoms with Crippen LogP contribution in [0.25, 0.3) is 0 Å². The van der Waals surface area contributed by atoms with Gasteiger partial charge in [-0.1, -0.05) is 0 Å². The van der Waals surface area contributed by atoms with Crippen LogP contribution >= 0.6 is 31.9 Å². The van der Waals surface area contributed by atoms with Gasteiger partial charge in [-0.25, -0.2) is 0 Å². The van der Waals surface area contributed by atoms with Crippen LogP contribution in [0.1, 0.15) is 12.5 Å². The Kier molecular flexibility index (Phi) is 8.24. The van der Waals surface area contributed by atoms with Crippen LogP contribution in [0.5, 0.6) is 5.75 Å². The molecule has 0 fully saturated rings. The summed E-state index contributed by atoms with van der Waals surface area (Å²) in [5.74, 6) is 0.450. The van der Waals surface area contributed by atoms with Gasteiger partial charge in [0.15, 0.2) is 6.10 Å². The lowest BCUT2D eigenvalue weighted by molar-refractivity contribution is -0.126. The van der Waals surface area contributed by atoms with Gasteiger partial charge in [-0.2, -0.15) is 0 Å². The molecule has 118 valence electrons. The number of halogens is 2. The van der Waals surface area contributed by atoms with Crippen LogP contribution < -0.4 is 15.4 Å². The molecule has 0 aliphatic rings. The summed E-state index contributed by atoms with van der Waals surface area (Å²) in [5.41, 5.74) is 1.10. The van der Waals surface area contributed by atoms with Crippen LogP contribution in [0, 0.1) is 0 Å². The van der Waals surface area contributed by atoms with Gasteiger partial charge in [0.25, 0.3) is 5.91 Å². The maximum atomic E-state index is 11.5. The van der Waals surface area contributed by atoms with Gasteiger partial charge in [-0.05, 0) is 56.5 Å². The van der Waals surface area contributed by atoms with E-state index in [2.05, 4.69) is 42.5 Å². The molecule has 1 aromatic rings. The smallest absolute Gasteiger partial charge is 0.260 e. The molecule has 7 heteroatoms. The van der Waals surface area contributed by atoms with Crippen LogP contribution in [0.15, 0.2) is 21.1 Å². The van der Waals surface area contributed by atoms with Crippen LogP contribution in [-0.4, -0.2) is 39.3 Å². The van der Waals surface area contributed by atoms with E-state index in [9.17, 15) is 4.79 Å². The SMILES string of the molecule is CNC(=O)C(C)Oc1c(Br)cc(CNCCOC)cc1Br. The molecule has 1 rings (SSSR count). The first-order valence-electron chi connectivity index (χ1n) is 6.55. The Balaban J connectivity index is 2.73. The molecule has 1 unspecified atom stereocenters. The molecule has 0 spiro atoms. The standard InChI is InChI=1S/C14H20Br2N2O3/c1-9(14(19)17-2)21-13-11(15)6-10(7-12(13)16)8-18-4-5-20-3/h6-7,9,18H,4-5,8H2,1-3H3,(H,17,19). The average Bonchev–Trinajstić information content (AvgIpc) is 2.46. The van der Waals surface area contributed by atoms with Crippen LogP contribution in [0.3, 0.4) is 0 Å². The van der Waals surface area contributed by atoms with Crippen molar-refractivity contribution in [1.29, 1.82) is 0 Å². The fraction of sp³-hybridized carbons (Fsp3) is 0.500. The largest absolute Gasteiger partial charge is 0.479 e. The molecule has 0 saturated carbocycles. The Labute approximate surface area is 142 Å². The molecule has 0 radical (unpaired) electrons. The number of amides is 1. The Hall–Kier alpha value is -0.630. The molecule has 0 saturated heterocycles. The molecule has 1 amide bonds. The number of rotatable bonds is 8. The maximum absolute atomic E-state index is 11.5. The molecule has 0 bridgehead atoms. The molecule has 5 nitrogen and oxygen atoms in total. The number of carbonyl (C=O) groups is 1. The third-order valence-corrected chi connectivity index (χ3v) is 3.96. The summed E-state index contributed by atoms with van der Waals surface area (Å²) in [6.07, 6.45) is -0.562. The number of methoxy groups -OCH3 is 1. The highest BCUT2D eigenvalue weighted by molar-refractivity contribution is 9.11. The Morgan fingerprint density at radius 2 is 1.95 bits per heavy atom. The molecule has 0 aliphatic carbocycles. The van der Waals surface area contributed by atoms with Gasteiger partial charge >= 0.3 is 0 Å². The number of benzene rings is 1. The van der Waals surface area contributed by atoms with Gasteiger partial charge in [0.1, 0.15) is 5.75 Å². The van der Waals surface area contributed by atoms with Gasteiger partial charge < -0.3 is 20.1 Å². The second-order valence-corrected chi connectivity index (χ2v) is 6.14. The highest BCUT2D eigenvalue weighted by Gasteiger charge is 2.17. The first-order chi connectivity index (χ1) is 9.99. The van der Waals surface area contributed by atoms with Crippen molar-refractivity contribution in [1.82, 2.24) is 10.6 Å². The second-order valence-electron chi connectivity index (χ2n) is 4.43. The van der Waals surface area contributed by atoms with E-state index in [1.54, 1.807) is 21.1 Å². The van der Waals surface area contributed by atoms with Gasteiger partial charge in [0.05, 0.1) is 15.6 Å². The van der Waals surface area contributed by atoms with Gasteiger partial charge in [-0.3, -0.25) is 4.79 Å². The molecule has 2 N–H and O–H groups in total. The quantitative estimate of drug-likeness (QED) is 0.630. The van der Waals surface area contributed by atoms with Crippen molar-refractivity contribution in [3.8, 4) is 5.75 Å². The zero-order valence-electron chi connectivity index (χ0n) is 12.3. The second kappa shape index (κ2) is 9.40. The molecule has 0 aromatic heterocycles. The lowest BCUT2D eigenvalue weighted by Crippen LogP contribution is -2.33. The predicted molar refractivity (Wildman–Crippen MR) is 89.6 cm³/mol. The number of hydrogen-bond acceptors (Lipinski definition) is 4. The highest BCUT2D eigenvalue weighted by Crippen LogP contribution is 2.35. The van der Waals surface area contributed by atoms with Crippen LogP contribution in [0.2, 0.25) is 0 Å². The van der Waals surface area contributed by atoms with Crippen molar-refractivity contribution >= 4 is 37.8 Å². The zero-order chi connectivity index (χ0) is 15.8. The fourth-order valence-electron chi connectivity index (χ4n) is 1.67. The summed E-state index contributed by atoms with van der Waals surface area (Å²) in [7, 11) is 3.26. The number of likely N-dealkylation sites (N-methyl/N-ethyl adjacent to an activating group) is 1. The molecule has 1 atom stereocenters. The number of carbonyl (C=O) groups excluding carboxylic acids is 1. The summed E-state index contributed by atoms with van der Waals surface area (Å²) < 4.78 is 12.3. The van der Waals surface area contributed by atoms with Crippen molar-refractivity contribution in [2.75, 3.05) is 27.3 Å². The Morgan fingerprint density at radius 1 is 1.33 bits per heavy atom. The minimum atomic E-state index is -0.562. The normalized spacial score (nSPS) is 12.0. The van der Waals surface area contributed by atoms with Gasteiger partial charge in [-0.15, -0.1) is 0 Å². The summed E-state index contributed by atoms with van der Waals surface area (Å²) in [5, 5.41) is 5.83. The molecule has 1 aromatic carbocycles. The van der Waals surface area contributed by atoms with E-state index in [4.69, 9.17) is 9.47 Å². The zero-order valence-corrected chi connectivity index (χ0v) is 15.5. The molecular weight excluding hydrogens is 404 g/mol. The van der Waals surface area contributed by atoms with Crippen molar-refractivity contribution in [2.24, 2.45) is 0 Å². The van der Waals surface area contributed by atoms with Gasteiger partial charge in [0, 0.05) is 27.2 Å². The summed E-state index contributed by atoms with van der Waals surface area (Å²) in [6, 6.07) is 3.94. The summed E-state index contributed by atoms with van der Waals surface area (Å²) in [4.78, 5) is 11.5. The van der Waals surface area contributed by atoms with Crippen molar-refractivity contribution in [2.45, 2.75) is 19.6 Å². The van der Waals surface area contributed by atoms with E-state index in [0.717, 1.165) is 27.6 Å². The molecule has 0 heterocycles. The van der Waals surface area contributed by atoms with E-state index < -0.39 is 6.10 Å². The minimum absolute atomic E-state index is 0.167. The van der Waals surface area contributed by atoms with Gasteiger partial charge in [0.2, 0.25) is 0 Å². The lowest BCUT2D eigenvalue weighted by Gasteiger charge is -2.17.